The molecular weight excluding hydrogens is 316 g/mol. The summed E-state index contributed by atoms with van der Waals surface area (Å²) in [7, 11) is 0. The van der Waals surface area contributed by atoms with Crippen molar-refractivity contribution in [1.29, 1.82) is 0 Å². The van der Waals surface area contributed by atoms with Gasteiger partial charge in [-0.3, -0.25) is 4.79 Å². The monoisotopic (exact) mass is 338 g/mol. The molecule has 124 valence electrons. The number of hydrogen-bond donors (Lipinski definition) is 1. The third-order valence-electron chi connectivity index (χ3n) is 6.02. The highest BCUT2D eigenvalue weighted by Crippen LogP contribution is 2.43. The molecule has 4 heteroatoms. The van der Waals surface area contributed by atoms with Crippen LogP contribution in [0.25, 0.3) is 11.1 Å². The number of amides is 1. The average Bonchev–Trinajstić information content (AvgIpc) is 3.08. The van der Waals surface area contributed by atoms with Crippen LogP contribution in [0.5, 0.6) is 0 Å². The van der Waals surface area contributed by atoms with E-state index in [9.17, 15) is 4.79 Å². The van der Waals surface area contributed by atoms with Gasteiger partial charge in [-0.25, -0.2) is 0 Å². The number of hydrogen-bond acceptors (Lipinski definition) is 3. The molecule has 2 aromatic rings. The van der Waals surface area contributed by atoms with Gasteiger partial charge in [-0.1, -0.05) is 30.3 Å². The van der Waals surface area contributed by atoms with E-state index in [2.05, 4.69) is 27.7 Å². The molecule has 1 saturated carbocycles. The lowest BCUT2D eigenvalue weighted by Gasteiger charge is -2.55. The lowest BCUT2D eigenvalue weighted by Crippen LogP contribution is -2.64. The molecule has 6 rings (SSSR count). The molecule has 1 aromatic heterocycles. The standard InChI is InChI=1S/C20H22N2OS/c23-20(18-8-17(12-24-18)14-4-2-1-3-5-14)21-19-15-6-13-7-16(19)11-22(9-13)10-15/h1-5,8,12-13,15-16,19H,6-7,9-11H2,(H,21,23)/t13?,15-,16-,19?/m1/s1. The van der Waals surface area contributed by atoms with Gasteiger partial charge in [0, 0.05) is 25.7 Å². The Balaban J connectivity index is 1.32. The molecule has 1 aliphatic carbocycles. The second-order valence-corrected chi connectivity index (χ2v) is 8.55. The highest BCUT2D eigenvalue weighted by molar-refractivity contribution is 7.12. The van der Waals surface area contributed by atoms with Crippen molar-refractivity contribution in [2.75, 3.05) is 19.6 Å². The fourth-order valence-electron chi connectivity index (χ4n) is 5.10. The van der Waals surface area contributed by atoms with Crippen molar-refractivity contribution >= 4 is 17.2 Å². The van der Waals surface area contributed by atoms with Crippen LogP contribution in [0.4, 0.5) is 0 Å². The maximum atomic E-state index is 12.8. The summed E-state index contributed by atoms with van der Waals surface area (Å²) in [4.78, 5) is 16.2. The topological polar surface area (TPSA) is 32.3 Å². The summed E-state index contributed by atoms with van der Waals surface area (Å²) in [5.41, 5.74) is 2.32. The molecule has 0 unspecified atom stereocenters. The lowest BCUT2D eigenvalue weighted by molar-refractivity contribution is -0.0418. The van der Waals surface area contributed by atoms with E-state index < -0.39 is 0 Å². The molecule has 3 nitrogen and oxygen atoms in total. The zero-order chi connectivity index (χ0) is 16.1. The number of piperidine rings is 3. The Morgan fingerprint density at radius 2 is 1.79 bits per heavy atom. The van der Waals surface area contributed by atoms with Gasteiger partial charge in [0.25, 0.3) is 5.91 Å². The second-order valence-electron chi connectivity index (χ2n) is 7.64. The first kappa shape index (κ1) is 14.7. The van der Waals surface area contributed by atoms with Crippen molar-refractivity contribution in [1.82, 2.24) is 10.2 Å². The molecule has 1 N–H and O–H groups in total. The number of thiophene rings is 1. The third-order valence-corrected chi connectivity index (χ3v) is 6.95. The highest BCUT2D eigenvalue weighted by atomic mass is 32.1. The van der Waals surface area contributed by atoms with Crippen LogP contribution in [0.1, 0.15) is 22.5 Å². The molecule has 4 bridgehead atoms. The number of nitrogens with one attached hydrogen (secondary N) is 1. The Morgan fingerprint density at radius 1 is 1.04 bits per heavy atom. The van der Waals surface area contributed by atoms with Crippen molar-refractivity contribution in [2.45, 2.75) is 18.9 Å². The summed E-state index contributed by atoms with van der Waals surface area (Å²) in [6.07, 6.45) is 2.61. The van der Waals surface area contributed by atoms with Crippen LogP contribution in [-0.2, 0) is 0 Å². The van der Waals surface area contributed by atoms with Crippen LogP contribution in [0.3, 0.4) is 0 Å². The van der Waals surface area contributed by atoms with Crippen molar-refractivity contribution in [3.63, 3.8) is 0 Å². The SMILES string of the molecule is O=C(NC1[C@@H]2CC3C[C@@H]1CN(C3)C2)c1cc(-c2ccccc2)cs1. The molecule has 3 aliphatic heterocycles. The number of rotatable bonds is 3. The van der Waals surface area contributed by atoms with Crippen molar-refractivity contribution in [3.05, 3.63) is 46.7 Å². The summed E-state index contributed by atoms with van der Waals surface area (Å²) in [6.45, 7) is 3.65. The van der Waals surface area contributed by atoms with E-state index in [1.807, 2.05) is 24.3 Å². The van der Waals surface area contributed by atoms with Crippen molar-refractivity contribution < 1.29 is 4.79 Å². The number of nitrogens with zero attached hydrogens (tertiary/aromatic N) is 1. The highest BCUT2D eigenvalue weighted by Gasteiger charge is 2.47. The van der Waals surface area contributed by atoms with E-state index in [0.717, 1.165) is 16.4 Å². The van der Waals surface area contributed by atoms with Crippen LogP contribution in [0, 0.1) is 17.8 Å². The van der Waals surface area contributed by atoms with Gasteiger partial charge < -0.3 is 10.2 Å². The minimum absolute atomic E-state index is 0.120. The van der Waals surface area contributed by atoms with E-state index in [4.69, 9.17) is 0 Å². The van der Waals surface area contributed by atoms with Gasteiger partial charge in [-0.05, 0) is 53.2 Å². The van der Waals surface area contributed by atoms with Crippen molar-refractivity contribution in [2.24, 2.45) is 17.8 Å². The Hall–Kier alpha value is -1.65. The zero-order valence-corrected chi connectivity index (χ0v) is 14.5. The summed E-state index contributed by atoms with van der Waals surface area (Å²) in [5, 5.41) is 5.48. The second kappa shape index (κ2) is 5.71. The van der Waals surface area contributed by atoms with Crippen LogP contribution in [0.15, 0.2) is 41.8 Å². The summed E-state index contributed by atoms with van der Waals surface area (Å²) < 4.78 is 0. The molecule has 2 atom stereocenters. The molecular formula is C20H22N2OS. The van der Waals surface area contributed by atoms with Gasteiger partial charge in [-0.2, -0.15) is 0 Å². The van der Waals surface area contributed by atoms with E-state index in [0.29, 0.717) is 17.9 Å². The summed E-state index contributed by atoms with van der Waals surface area (Å²) >= 11 is 1.56. The first-order chi connectivity index (χ1) is 11.8. The predicted octanol–water partition coefficient (Wildman–Crippen LogP) is 3.49. The Bertz CT molecular complexity index is 726. The first-order valence-electron chi connectivity index (χ1n) is 8.93. The largest absolute Gasteiger partial charge is 0.348 e. The third kappa shape index (κ3) is 2.49. The van der Waals surface area contributed by atoms with Gasteiger partial charge in [0.05, 0.1) is 4.88 Å². The minimum Gasteiger partial charge on any atom is -0.348 e. The maximum absolute atomic E-state index is 12.8. The van der Waals surface area contributed by atoms with Crippen molar-refractivity contribution in [3.8, 4) is 11.1 Å². The first-order valence-corrected chi connectivity index (χ1v) is 9.81. The molecule has 4 fully saturated rings. The van der Waals surface area contributed by atoms with Gasteiger partial charge >= 0.3 is 0 Å². The molecule has 1 aromatic carbocycles. The maximum Gasteiger partial charge on any atom is 0.261 e. The average molecular weight is 338 g/mol. The van der Waals surface area contributed by atoms with Crippen LogP contribution in [-0.4, -0.2) is 36.5 Å². The number of carbonyl (C=O) groups is 1. The van der Waals surface area contributed by atoms with Gasteiger partial charge in [0.2, 0.25) is 0 Å². The van der Waals surface area contributed by atoms with Gasteiger partial charge in [-0.15, -0.1) is 11.3 Å². The smallest absolute Gasteiger partial charge is 0.261 e. The predicted molar refractivity (Wildman–Crippen MR) is 97.2 cm³/mol. The molecule has 0 radical (unpaired) electrons. The fraction of sp³-hybridized carbons (Fsp3) is 0.450. The molecule has 0 spiro atoms. The number of benzene rings is 1. The quantitative estimate of drug-likeness (QED) is 0.929. The Labute approximate surface area is 146 Å². The van der Waals surface area contributed by atoms with Crippen LogP contribution in [0.2, 0.25) is 0 Å². The summed E-state index contributed by atoms with van der Waals surface area (Å²) in [5.74, 6) is 2.32. The van der Waals surface area contributed by atoms with E-state index in [1.165, 1.54) is 38.0 Å². The molecule has 3 saturated heterocycles. The molecule has 1 amide bonds. The minimum atomic E-state index is 0.120. The Kier molecular flexibility index (Phi) is 3.49. The van der Waals surface area contributed by atoms with Crippen LogP contribution >= 0.6 is 11.3 Å². The van der Waals surface area contributed by atoms with E-state index >= 15 is 0 Å². The van der Waals surface area contributed by atoms with Crippen LogP contribution < -0.4 is 5.32 Å². The Morgan fingerprint density at radius 3 is 2.50 bits per heavy atom. The zero-order valence-electron chi connectivity index (χ0n) is 13.7. The fourth-order valence-corrected chi connectivity index (χ4v) is 5.92. The molecule has 4 heterocycles. The normalized spacial score (nSPS) is 33.6. The van der Waals surface area contributed by atoms with E-state index in [-0.39, 0.29) is 5.91 Å². The summed E-state index contributed by atoms with van der Waals surface area (Å²) in [6, 6.07) is 12.7. The number of carbonyl (C=O) groups excluding carboxylic acids is 1. The van der Waals surface area contributed by atoms with Gasteiger partial charge in [0.1, 0.15) is 0 Å². The molecule has 4 aliphatic rings. The van der Waals surface area contributed by atoms with Gasteiger partial charge in [0.15, 0.2) is 0 Å². The van der Waals surface area contributed by atoms with E-state index in [1.54, 1.807) is 11.3 Å². The lowest BCUT2D eigenvalue weighted by atomic mass is 9.65. The molecule has 24 heavy (non-hydrogen) atoms.